The van der Waals surface area contributed by atoms with Crippen LogP contribution in [-0.2, 0) is 26.9 Å². The van der Waals surface area contributed by atoms with Crippen LogP contribution in [0.3, 0.4) is 0 Å². The molecule has 2 atom stereocenters. The van der Waals surface area contributed by atoms with E-state index in [4.69, 9.17) is 9.47 Å². The molecular formula is C21H25N5O3. The van der Waals surface area contributed by atoms with Crippen LogP contribution in [-0.4, -0.2) is 38.3 Å². The van der Waals surface area contributed by atoms with Crippen LogP contribution in [0.15, 0.2) is 41.5 Å². The summed E-state index contributed by atoms with van der Waals surface area (Å²) in [7, 11) is 5.17. The molecule has 1 aliphatic rings. The van der Waals surface area contributed by atoms with Gasteiger partial charge in [0.05, 0.1) is 25.6 Å². The predicted octanol–water partition coefficient (Wildman–Crippen LogP) is 1.89. The monoisotopic (exact) mass is 395 g/mol. The third kappa shape index (κ3) is 4.47. The number of pyridine rings is 1. The van der Waals surface area contributed by atoms with Crippen molar-refractivity contribution in [3.05, 3.63) is 64.0 Å². The third-order valence-electron chi connectivity index (χ3n) is 5.28. The molecule has 1 fully saturated rings. The Hall–Kier alpha value is -3.16. The second-order valence-electron chi connectivity index (χ2n) is 7.45. The highest BCUT2D eigenvalue weighted by Gasteiger charge is 2.40. The van der Waals surface area contributed by atoms with Gasteiger partial charge in [0, 0.05) is 49.5 Å². The van der Waals surface area contributed by atoms with Gasteiger partial charge in [-0.1, -0.05) is 0 Å². The SMILES string of the molecule is COc1ccc([C@H]2C[C@@H]2COc2cc(CCc3ccn(C)n3)c(=O)n(C)n2)nc1. The average molecular weight is 395 g/mol. The molecule has 0 saturated heterocycles. The highest BCUT2D eigenvalue weighted by Crippen LogP contribution is 2.46. The molecule has 0 aromatic carbocycles. The maximum atomic E-state index is 12.4. The molecule has 4 rings (SSSR count). The molecule has 152 valence electrons. The Morgan fingerprint density at radius 2 is 2.03 bits per heavy atom. The smallest absolute Gasteiger partial charge is 0.269 e. The van der Waals surface area contributed by atoms with Crippen LogP contribution in [0.5, 0.6) is 11.6 Å². The fraction of sp³-hybridized carbons (Fsp3) is 0.429. The van der Waals surface area contributed by atoms with Crippen LogP contribution in [0.1, 0.15) is 29.3 Å². The number of hydrogen-bond donors (Lipinski definition) is 0. The molecule has 0 radical (unpaired) electrons. The minimum atomic E-state index is -0.0972. The Balaban J connectivity index is 1.36. The highest BCUT2D eigenvalue weighted by atomic mass is 16.5. The molecule has 3 aromatic rings. The van der Waals surface area contributed by atoms with E-state index in [1.165, 1.54) is 4.68 Å². The van der Waals surface area contributed by atoms with E-state index < -0.39 is 0 Å². The summed E-state index contributed by atoms with van der Waals surface area (Å²) < 4.78 is 14.2. The first-order valence-electron chi connectivity index (χ1n) is 9.72. The standard InChI is InChI=1S/C21H25N5O3/c1-25-9-8-16(23-25)5-4-14-11-20(24-26(2)21(14)27)29-13-15-10-18(15)19-7-6-17(28-3)12-22-19/h6-9,11-12,15,18H,4-5,10,13H2,1-3H3/t15-,18+/m1/s1. The summed E-state index contributed by atoms with van der Waals surface area (Å²) in [6.07, 6.45) is 5.99. The third-order valence-corrected chi connectivity index (χ3v) is 5.28. The van der Waals surface area contributed by atoms with Crippen LogP contribution in [0.4, 0.5) is 0 Å². The minimum Gasteiger partial charge on any atom is -0.495 e. The molecule has 0 spiro atoms. The first-order valence-corrected chi connectivity index (χ1v) is 9.72. The minimum absolute atomic E-state index is 0.0972. The molecule has 0 amide bonds. The van der Waals surface area contributed by atoms with E-state index in [1.807, 2.05) is 31.4 Å². The number of aryl methyl sites for hydroxylation is 4. The van der Waals surface area contributed by atoms with Crippen molar-refractivity contribution in [2.24, 2.45) is 20.0 Å². The number of rotatable bonds is 8. The van der Waals surface area contributed by atoms with Gasteiger partial charge in [-0.2, -0.15) is 5.10 Å². The first-order chi connectivity index (χ1) is 14.0. The van der Waals surface area contributed by atoms with Gasteiger partial charge in [-0.3, -0.25) is 14.5 Å². The molecule has 1 saturated carbocycles. The van der Waals surface area contributed by atoms with Crippen LogP contribution >= 0.6 is 0 Å². The number of hydrogen-bond acceptors (Lipinski definition) is 6. The Labute approximate surface area is 169 Å². The van der Waals surface area contributed by atoms with E-state index in [1.54, 1.807) is 31.1 Å². The molecule has 3 aromatic heterocycles. The fourth-order valence-electron chi connectivity index (χ4n) is 3.47. The van der Waals surface area contributed by atoms with Crippen LogP contribution in [0.2, 0.25) is 0 Å². The van der Waals surface area contributed by atoms with Crippen LogP contribution in [0.25, 0.3) is 0 Å². The Morgan fingerprint density at radius 3 is 2.72 bits per heavy atom. The molecule has 29 heavy (non-hydrogen) atoms. The summed E-state index contributed by atoms with van der Waals surface area (Å²) in [6, 6.07) is 7.66. The lowest BCUT2D eigenvalue weighted by atomic mass is 10.1. The van der Waals surface area contributed by atoms with Gasteiger partial charge >= 0.3 is 0 Å². The van der Waals surface area contributed by atoms with Gasteiger partial charge in [0.15, 0.2) is 0 Å². The molecular weight excluding hydrogens is 370 g/mol. The quantitative estimate of drug-likeness (QED) is 0.579. The zero-order chi connectivity index (χ0) is 20.4. The summed E-state index contributed by atoms with van der Waals surface area (Å²) in [5.74, 6) is 2.05. The van der Waals surface area contributed by atoms with Crippen LogP contribution in [0, 0.1) is 5.92 Å². The molecule has 0 bridgehead atoms. The van der Waals surface area contributed by atoms with Gasteiger partial charge in [-0.25, -0.2) is 4.68 Å². The van der Waals surface area contributed by atoms with Gasteiger partial charge in [0.2, 0.25) is 5.88 Å². The Bertz CT molecular complexity index is 1040. The van der Waals surface area contributed by atoms with Crippen molar-refractivity contribution in [2.75, 3.05) is 13.7 Å². The lowest BCUT2D eigenvalue weighted by Crippen LogP contribution is -2.24. The number of nitrogens with zero attached hydrogens (tertiary/aromatic N) is 5. The Kier molecular flexibility index (Phi) is 5.33. The maximum Gasteiger partial charge on any atom is 0.269 e. The zero-order valence-electron chi connectivity index (χ0n) is 16.9. The highest BCUT2D eigenvalue weighted by molar-refractivity contribution is 5.25. The van der Waals surface area contributed by atoms with Gasteiger partial charge in [0.1, 0.15) is 5.75 Å². The van der Waals surface area contributed by atoms with Crippen molar-refractivity contribution in [1.29, 1.82) is 0 Å². The summed E-state index contributed by atoms with van der Waals surface area (Å²) in [6.45, 7) is 0.559. The van der Waals surface area contributed by atoms with Crippen molar-refractivity contribution in [3.63, 3.8) is 0 Å². The Morgan fingerprint density at radius 1 is 1.17 bits per heavy atom. The number of aromatic nitrogens is 5. The van der Waals surface area contributed by atoms with Crippen molar-refractivity contribution < 1.29 is 9.47 Å². The summed E-state index contributed by atoms with van der Waals surface area (Å²) in [4.78, 5) is 16.9. The van der Waals surface area contributed by atoms with E-state index >= 15 is 0 Å². The number of ether oxygens (including phenoxy) is 2. The van der Waals surface area contributed by atoms with Crippen molar-refractivity contribution in [1.82, 2.24) is 24.5 Å². The van der Waals surface area contributed by atoms with Crippen molar-refractivity contribution in [2.45, 2.75) is 25.2 Å². The van der Waals surface area contributed by atoms with E-state index in [2.05, 4.69) is 15.2 Å². The van der Waals surface area contributed by atoms with E-state index in [-0.39, 0.29) is 5.56 Å². The summed E-state index contributed by atoms with van der Waals surface area (Å²) in [5.41, 5.74) is 2.61. The lowest BCUT2D eigenvalue weighted by Gasteiger charge is -2.09. The summed E-state index contributed by atoms with van der Waals surface area (Å²) >= 11 is 0. The van der Waals surface area contributed by atoms with Crippen LogP contribution < -0.4 is 15.0 Å². The van der Waals surface area contributed by atoms with Gasteiger partial charge in [-0.05, 0) is 37.5 Å². The largest absolute Gasteiger partial charge is 0.495 e. The molecule has 1 aliphatic carbocycles. The zero-order valence-corrected chi connectivity index (χ0v) is 16.9. The predicted molar refractivity (Wildman–Crippen MR) is 107 cm³/mol. The van der Waals surface area contributed by atoms with Crippen molar-refractivity contribution >= 4 is 0 Å². The second kappa shape index (κ2) is 8.06. The van der Waals surface area contributed by atoms with E-state index in [9.17, 15) is 4.79 Å². The second-order valence-corrected chi connectivity index (χ2v) is 7.45. The number of methoxy groups -OCH3 is 1. The topological polar surface area (TPSA) is 84.1 Å². The maximum absolute atomic E-state index is 12.4. The van der Waals surface area contributed by atoms with E-state index in [0.717, 1.165) is 23.6 Å². The van der Waals surface area contributed by atoms with Crippen molar-refractivity contribution in [3.8, 4) is 11.6 Å². The van der Waals surface area contributed by atoms with E-state index in [0.29, 0.717) is 42.7 Å². The molecule has 0 aliphatic heterocycles. The van der Waals surface area contributed by atoms with Gasteiger partial charge in [0.25, 0.3) is 5.56 Å². The molecule has 3 heterocycles. The lowest BCUT2D eigenvalue weighted by molar-refractivity contribution is 0.277. The average Bonchev–Trinajstić information content (AvgIpc) is 3.39. The van der Waals surface area contributed by atoms with Gasteiger partial charge in [-0.15, -0.1) is 5.10 Å². The van der Waals surface area contributed by atoms with Gasteiger partial charge < -0.3 is 9.47 Å². The molecule has 8 heteroatoms. The normalized spacial score (nSPS) is 17.9. The first kappa shape index (κ1) is 19.2. The fourth-order valence-corrected chi connectivity index (χ4v) is 3.47. The molecule has 0 N–H and O–H groups in total. The summed E-state index contributed by atoms with van der Waals surface area (Å²) in [5, 5.41) is 8.61. The molecule has 8 nitrogen and oxygen atoms in total. The molecule has 0 unspecified atom stereocenters.